The van der Waals surface area contributed by atoms with Gasteiger partial charge in [0, 0.05) is 6.04 Å². The van der Waals surface area contributed by atoms with Gasteiger partial charge in [-0.15, -0.1) is 0 Å². The lowest BCUT2D eigenvalue weighted by atomic mass is 9.82. The number of nitrogens with two attached hydrogens (primary N) is 1. The Labute approximate surface area is 90.5 Å². The van der Waals surface area contributed by atoms with Crippen molar-refractivity contribution in [2.24, 2.45) is 23.0 Å². The summed E-state index contributed by atoms with van der Waals surface area (Å²) >= 11 is 0. The summed E-state index contributed by atoms with van der Waals surface area (Å²) in [6, 6.07) is 0.396. The smallest absolute Gasteiger partial charge is 0.00438 e. The zero-order valence-electron chi connectivity index (χ0n) is 10.9. The average molecular weight is 199 g/mol. The summed E-state index contributed by atoms with van der Waals surface area (Å²) in [4.78, 5) is 0. The van der Waals surface area contributed by atoms with E-state index in [4.69, 9.17) is 5.73 Å². The minimum atomic E-state index is 0.396. The quantitative estimate of drug-likeness (QED) is 0.715. The van der Waals surface area contributed by atoms with Crippen molar-refractivity contribution >= 4 is 0 Å². The molecule has 0 spiro atoms. The van der Waals surface area contributed by atoms with Crippen molar-refractivity contribution in [2.45, 2.75) is 66.8 Å². The fraction of sp³-hybridized carbons (Fsp3) is 1.00. The SMILES string of the molecule is CC(C)CC(N)CC(C)CC(C)(C)C. The van der Waals surface area contributed by atoms with E-state index in [1.807, 2.05) is 0 Å². The molecule has 2 unspecified atom stereocenters. The molecule has 0 radical (unpaired) electrons. The van der Waals surface area contributed by atoms with Crippen LogP contribution < -0.4 is 5.73 Å². The molecular formula is C13H29N. The van der Waals surface area contributed by atoms with E-state index in [0.717, 1.165) is 18.3 Å². The van der Waals surface area contributed by atoms with Crippen molar-refractivity contribution in [1.82, 2.24) is 0 Å². The van der Waals surface area contributed by atoms with Crippen LogP contribution in [0.25, 0.3) is 0 Å². The van der Waals surface area contributed by atoms with Gasteiger partial charge in [-0.25, -0.2) is 0 Å². The molecule has 0 fully saturated rings. The third-order valence-electron chi connectivity index (χ3n) is 2.44. The molecular weight excluding hydrogens is 170 g/mol. The van der Waals surface area contributed by atoms with Gasteiger partial charge in [0.05, 0.1) is 0 Å². The first kappa shape index (κ1) is 14.0. The molecule has 14 heavy (non-hydrogen) atoms. The molecule has 86 valence electrons. The highest BCUT2D eigenvalue weighted by Gasteiger charge is 2.17. The Morgan fingerprint density at radius 2 is 1.50 bits per heavy atom. The van der Waals surface area contributed by atoms with Gasteiger partial charge in [0.2, 0.25) is 0 Å². The van der Waals surface area contributed by atoms with Crippen LogP contribution in [0.2, 0.25) is 0 Å². The lowest BCUT2D eigenvalue weighted by molar-refractivity contribution is 0.278. The van der Waals surface area contributed by atoms with Crippen molar-refractivity contribution in [1.29, 1.82) is 0 Å². The Bertz CT molecular complexity index is 144. The summed E-state index contributed by atoms with van der Waals surface area (Å²) in [6.07, 6.45) is 3.61. The average Bonchev–Trinajstić information content (AvgIpc) is 1.77. The molecule has 0 saturated heterocycles. The van der Waals surface area contributed by atoms with Gasteiger partial charge < -0.3 is 5.73 Å². The normalized spacial score (nSPS) is 17.1. The minimum absolute atomic E-state index is 0.396. The number of hydrogen-bond donors (Lipinski definition) is 1. The Hall–Kier alpha value is -0.0400. The van der Waals surface area contributed by atoms with Crippen LogP contribution in [0.3, 0.4) is 0 Å². The highest BCUT2D eigenvalue weighted by molar-refractivity contribution is 4.72. The van der Waals surface area contributed by atoms with E-state index in [1.54, 1.807) is 0 Å². The van der Waals surface area contributed by atoms with Crippen LogP contribution in [0, 0.1) is 17.3 Å². The van der Waals surface area contributed by atoms with Crippen LogP contribution in [-0.2, 0) is 0 Å². The lowest BCUT2D eigenvalue weighted by Gasteiger charge is -2.25. The van der Waals surface area contributed by atoms with E-state index in [9.17, 15) is 0 Å². The van der Waals surface area contributed by atoms with Crippen LogP contribution in [0.5, 0.6) is 0 Å². The Kier molecular flexibility index (Phi) is 5.73. The Morgan fingerprint density at radius 1 is 1.00 bits per heavy atom. The van der Waals surface area contributed by atoms with Gasteiger partial charge in [0.1, 0.15) is 0 Å². The lowest BCUT2D eigenvalue weighted by Crippen LogP contribution is -2.26. The maximum atomic E-state index is 6.09. The van der Waals surface area contributed by atoms with Crippen LogP contribution in [-0.4, -0.2) is 6.04 Å². The Morgan fingerprint density at radius 3 is 1.86 bits per heavy atom. The van der Waals surface area contributed by atoms with E-state index in [0.29, 0.717) is 11.5 Å². The maximum absolute atomic E-state index is 6.09. The molecule has 0 rings (SSSR count). The second-order valence-corrected chi connectivity index (χ2v) is 6.50. The third kappa shape index (κ3) is 8.55. The molecule has 1 nitrogen and oxygen atoms in total. The van der Waals surface area contributed by atoms with Crippen molar-refractivity contribution in [3.63, 3.8) is 0 Å². The summed E-state index contributed by atoms with van der Waals surface area (Å²) in [6.45, 7) is 13.7. The third-order valence-corrected chi connectivity index (χ3v) is 2.44. The molecule has 0 aliphatic carbocycles. The topological polar surface area (TPSA) is 26.0 Å². The molecule has 0 aliphatic rings. The predicted octanol–water partition coefficient (Wildman–Crippen LogP) is 3.82. The van der Waals surface area contributed by atoms with Crippen molar-refractivity contribution in [3.05, 3.63) is 0 Å². The molecule has 0 aromatic rings. The van der Waals surface area contributed by atoms with Crippen LogP contribution in [0.4, 0.5) is 0 Å². The monoisotopic (exact) mass is 199 g/mol. The van der Waals surface area contributed by atoms with E-state index < -0.39 is 0 Å². The van der Waals surface area contributed by atoms with Gasteiger partial charge in [0.25, 0.3) is 0 Å². The van der Waals surface area contributed by atoms with Crippen molar-refractivity contribution in [3.8, 4) is 0 Å². The fourth-order valence-electron chi connectivity index (χ4n) is 2.35. The van der Waals surface area contributed by atoms with Crippen LogP contribution in [0.15, 0.2) is 0 Å². The maximum Gasteiger partial charge on any atom is 0.00438 e. The first-order chi connectivity index (χ1) is 6.20. The standard InChI is InChI=1S/C13H29N/c1-10(2)7-12(14)8-11(3)9-13(4,5)6/h10-12H,7-9,14H2,1-6H3. The molecule has 2 atom stereocenters. The molecule has 0 amide bonds. The Balaban J connectivity index is 3.76. The predicted molar refractivity (Wildman–Crippen MR) is 65.3 cm³/mol. The van der Waals surface area contributed by atoms with E-state index >= 15 is 0 Å². The largest absolute Gasteiger partial charge is 0.328 e. The number of hydrogen-bond acceptors (Lipinski definition) is 1. The zero-order valence-corrected chi connectivity index (χ0v) is 10.9. The first-order valence-corrected chi connectivity index (χ1v) is 5.96. The summed E-state index contributed by atoms with van der Waals surface area (Å²) in [7, 11) is 0. The zero-order chi connectivity index (χ0) is 11.4. The van der Waals surface area contributed by atoms with Gasteiger partial charge in [-0.05, 0) is 36.5 Å². The summed E-state index contributed by atoms with van der Waals surface area (Å²) in [5.74, 6) is 1.48. The molecule has 0 aromatic carbocycles. The molecule has 1 heteroatoms. The second kappa shape index (κ2) is 5.75. The van der Waals surface area contributed by atoms with Crippen molar-refractivity contribution < 1.29 is 0 Å². The van der Waals surface area contributed by atoms with E-state index in [2.05, 4.69) is 41.5 Å². The van der Waals surface area contributed by atoms with Gasteiger partial charge in [-0.2, -0.15) is 0 Å². The molecule has 2 N–H and O–H groups in total. The summed E-state index contributed by atoms with van der Waals surface area (Å²) in [5.41, 5.74) is 6.54. The molecule has 0 aromatic heterocycles. The first-order valence-electron chi connectivity index (χ1n) is 5.96. The minimum Gasteiger partial charge on any atom is -0.328 e. The van der Waals surface area contributed by atoms with Gasteiger partial charge >= 0.3 is 0 Å². The van der Waals surface area contributed by atoms with Gasteiger partial charge in [-0.1, -0.05) is 41.5 Å². The molecule has 0 aliphatic heterocycles. The second-order valence-electron chi connectivity index (χ2n) is 6.50. The van der Waals surface area contributed by atoms with Crippen LogP contribution in [0.1, 0.15) is 60.8 Å². The van der Waals surface area contributed by atoms with Gasteiger partial charge in [-0.3, -0.25) is 0 Å². The highest BCUT2D eigenvalue weighted by Crippen LogP contribution is 2.27. The highest BCUT2D eigenvalue weighted by atomic mass is 14.6. The fourth-order valence-corrected chi connectivity index (χ4v) is 2.35. The van der Waals surface area contributed by atoms with E-state index in [-0.39, 0.29) is 0 Å². The van der Waals surface area contributed by atoms with Crippen LogP contribution >= 0.6 is 0 Å². The molecule has 0 heterocycles. The summed E-state index contributed by atoms with van der Waals surface area (Å²) < 4.78 is 0. The van der Waals surface area contributed by atoms with Gasteiger partial charge in [0.15, 0.2) is 0 Å². The number of rotatable bonds is 5. The van der Waals surface area contributed by atoms with E-state index in [1.165, 1.54) is 12.8 Å². The van der Waals surface area contributed by atoms with Crippen molar-refractivity contribution in [2.75, 3.05) is 0 Å². The summed E-state index contributed by atoms with van der Waals surface area (Å²) in [5, 5.41) is 0. The molecule has 0 bridgehead atoms. The molecule has 0 saturated carbocycles.